The van der Waals surface area contributed by atoms with Crippen LogP contribution in [0.1, 0.15) is 16.7 Å². The maximum Gasteiger partial charge on any atom is 0.234 e. The molecular weight excluding hydrogens is 450 g/mol. The van der Waals surface area contributed by atoms with Crippen molar-refractivity contribution in [3.8, 4) is 11.5 Å². The van der Waals surface area contributed by atoms with Crippen molar-refractivity contribution >= 4 is 17.4 Å². The Kier molecular flexibility index (Phi) is 5.48. The SMILES string of the molecule is COc1ccc(C(=C2[C@H]3C=C[C@H]2[C@H]2C(=O)N(Cc4ccccc4)C(=O)[C@H]23)c2ccc(OC)cc2)cc1. The number of likely N-dealkylation sites (tertiary alicyclic amines) is 1. The van der Waals surface area contributed by atoms with Gasteiger partial charge in [-0.3, -0.25) is 14.5 Å². The van der Waals surface area contributed by atoms with E-state index in [-0.39, 0.29) is 35.5 Å². The first kappa shape index (κ1) is 22.4. The molecule has 2 aliphatic carbocycles. The quantitative estimate of drug-likeness (QED) is 0.365. The van der Waals surface area contributed by atoms with Gasteiger partial charge in [-0.15, -0.1) is 0 Å². The second-order valence-electron chi connectivity index (χ2n) is 9.52. The standard InChI is InChI=1S/C31H27NO4/c1-35-22-12-8-20(9-13-22)26(21-10-14-23(36-2)15-11-21)27-24-16-17-25(27)29-28(24)30(33)32(31(29)34)18-19-6-4-3-5-7-19/h3-17,24-25,28-29H,18H2,1-2H3/t24-,25-,28-,29+/m1/s1. The summed E-state index contributed by atoms with van der Waals surface area (Å²) in [6.45, 7) is 0.327. The van der Waals surface area contributed by atoms with Crippen molar-refractivity contribution in [2.75, 3.05) is 14.2 Å². The number of amides is 2. The largest absolute Gasteiger partial charge is 0.497 e. The van der Waals surface area contributed by atoms with Gasteiger partial charge in [-0.2, -0.15) is 0 Å². The molecule has 1 aliphatic heterocycles. The monoisotopic (exact) mass is 477 g/mol. The lowest BCUT2D eigenvalue weighted by molar-refractivity contribution is -0.141. The lowest BCUT2D eigenvalue weighted by atomic mass is 9.85. The Labute approximate surface area is 210 Å². The number of rotatable bonds is 6. The molecule has 1 saturated carbocycles. The average molecular weight is 478 g/mol. The summed E-state index contributed by atoms with van der Waals surface area (Å²) in [6, 6.07) is 25.7. The molecule has 180 valence electrons. The minimum Gasteiger partial charge on any atom is -0.497 e. The van der Waals surface area contributed by atoms with E-state index in [1.54, 1.807) is 14.2 Å². The highest BCUT2D eigenvalue weighted by Gasteiger charge is 2.62. The molecule has 0 spiro atoms. The lowest BCUT2D eigenvalue weighted by Gasteiger charge is -2.22. The van der Waals surface area contributed by atoms with Gasteiger partial charge in [0.25, 0.3) is 0 Å². The summed E-state index contributed by atoms with van der Waals surface area (Å²) < 4.78 is 10.7. The number of hydrogen-bond acceptors (Lipinski definition) is 4. The molecular formula is C31H27NO4. The predicted octanol–water partition coefficient (Wildman–Crippen LogP) is 5.12. The van der Waals surface area contributed by atoms with Gasteiger partial charge in [0.1, 0.15) is 11.5 Å². The highest BCUT2D eigenvalue weighted by Crippen LogP contribution is 2.58. The van der Waals surface area contributed by atoms with Gasteiger partial charge in [0.15, 0.2) is 0 Å². The fourth-order valence-corrected chi connectivity index (χ4v) is 6.10. The molecule has 0 radical (unpaired) electrons. The van der Waals surface area contributed by atoms with Crippen LogP contribution in [0, 0.1) is 23.7 Å². The summed E-state index contributed by atoms with van der Waals surface area (Å²) >= 11 is 0. The van der Waals surface area contributed by atoms with Crippen LogP contribution in [0.3, 0.4) is 0 Å². The molecule has 5 nitrogen and oxygen atoms in total. The normalized spacial score (nSPS) is 23.8. The van der Waals surface area contributed by atoms with Crippen LogP contribution < -0.4 is 9.47 Å². The molecule has 2 bridgehead atoms. The molecule has 0 unspecified atom stereocenters. The fraction of sp³-hybridized carbons (Fsp3) is 0.226. The first-order valence-corrected chi connectivity index (χ1v) is 12.2. The summed E-state index contributed by atoms with van der Waals surface area (Å²) in [7, 11) is 3.30. The Morgan fingerprint density at radius 2 is 1.17 bits per heavy atom. The fourth-order valence-electron chi connectivity index (χ4n) is 6.10. The van der Waals surface area contributed by atoms with Crippen LogP contribution in [0.2, 0.25) is 0 Å². The number of nitrogens with zero attached hydrogens (tertiary/aromatic N) is 1. The minimum absolute atomic E-state index is 0.0629. The number of carbonyl (C=O) groups is 2. The molecule has 0 aromatic heterocycles. The van der Waals surface area contributed by atoms with E-state index < -0.39 is 0 Å². The van der Waals surface area contributed by atoms with Crippen LogP contribution in [0.25, 0.3) is 5.57 Å². The van der Waals surface area contributed by atoms with Crippen molar-refractivity contribution < 1.29 is 19.1 Å². The Bertz CT molecular complexity index is 1290. The summed E-state index contributed by atoms with van der Waals surface area (Å²) in [5.41, 5.74) is 5.27. The molecule has 3 aromatic carbocycles. The van der Waals surface area contributed by atoms with E-state index in [0.29, 0.717) is 6.54 Å². The van der Waals surface area contributed by atoms with Crippen molar-refractivity contribution in [2.45, 2.75) is 6.54 Å². The van der Waals surface area contributed by atoms with Crippen LogP contribution in [0.15, 0.2) is 96.6 Å². The van der Waals surface area contributed by atoms with Crippen LogP contribution in [0.5, 0.6) is 11.5 Å². The topological polar surface area (TPSA) is 55.8 Å². The van der Waals surface area contributed by atoms with Gasteiger partial charge in [0.05, 0.1) is 32.6 Å². The lowest BCUT2D eigenvalue weighted by Crippen LogP contribution is -2.32. The van der Waals surface area contributed by atoms with E-state index in [0.717, 1.165) is 39.3 Å². The first-order valence-electron chi connectivity index (χ1n) is 12.2. The predicted molar refractivity (Wildman–Crippen MR) is 137 cm³/mol. The van der Waals surface area contributed by atoms with E-state index in [4.69, 9.17) is 9.47 Å². The van der Waals surface area contributed by atoms with Crippen LogP contribution >= 0.6 is 0 Å². The number of allylic oxidation sites excluding steroid dienone is 3. The maximum absolute atomic E-state index is 13.6. The van der Waals surface area contributed by atoms with E-state index in [2.05, 4.69) is 12.2 Å². The van der Waals surface area contributed by atoms with Gasteiger partial charge in [0.2, 0.25) is 11.8 Å². The Balaban J connectivity index is 1.43. The molecule has 2 fully saturated rings. The molecule has 1 saturated heterocycles. The first-order chi connectivity index (χ1) is 17.6. The van der Waals surface area contributed by atoms with Gasteiger partial charge >= 0.3 is 0 Å². The van der Waals surface area contributed by atoms with Crippen molar-refractivity contribution in [2.24, 2.45) is 23.7 Å². The summed E-state index contributed by atoms with van der Waals surface area (Å²) in [4.78, 5) is 28.7. The number of ether oxygens (including phenoxy) is 2. The van der Waals surface area contributed by atoms with Crippen molar-refractivity contribution in [1.82, 2.24) is 4.90 Å². The molecule has 3 aromatic rings. The van der Waals surface area contributed by atoms with Gasteiger partial charge < -0.3 is 9.47 Å². The van der Waals surface area contributed by atoms with Crippen LogP contribution in [-0.2, 0) is 16.1 Å². The number of hydrogen-bond donors (Lipinski definition) is 0. The smallest absolute Gasteiger partial charge is 0.234 e. The molecule has 0 N–H and O–H groups in total. The van der Waals surface area contributed by atoms with E-state index >= 15 is 0 Å². The molecule has 6 rings (SSSR count). The summed E-state index contributed by atoms with van der Waals surface area (Å²) in [5.74, 6) is 0.538. The van der Waals surface area contributed by atoms with E-state index in [1.807, 2.05) is 78.9 Å². The summed E-state index contributed by atoms with van der Waals surface area (Å²) in [5, 5.41) is 0. The third-order valence-corrected chi connectivity index (χ3v) is 7.74. The zero-order chi connectivity index (χ0) is 24.8. The van der Waals surface area contributed by atoms with Crippen molar-refractivity contribution in [3.63, 3.8) is 0 Å². The molecule has 36 heavy (non-hydrogen) atoms. The molecule has 3 aliphatic rings. The highest BCUT2D eigenvalue weighted by molar-refractivity contribution is 6.08. The second kappa shape index (κ2) is 8.83. The minimum atomic E-state index is -0.349. The van der Waals surface area contributed by atoms with Crippen molar-refractivity contribution in [3.05, 3.63) is 113 Å². The molecule has 2 amide bonds. The number of methoxy groups -OCH3 is 2. The second-order valence-corrected chi connectivity index (χ2v) is 9.52. The van der Waals surface area contributed by atoms with Crippen LogP contribution in [0.4, 0.5) is 0 Å². The van der Waals surface area contributed by atoms with Gasteiger partial charge in [-0.25, -0.2) is 0 Å². The highest BCUT2D eigenvalue weighted by atomic mass is 16.5. The van der Waals surface area contributed by atoms with Gasteiger partial charge in [0, 0.05) is 11.8 Å². The Morgan fingerprint density at radius 3 is 1.61 bits per heavy atom. The zero-order valence-corrected chi connectivity index (χ0v) is 20.3. The van der Waals surface area contributed by atoms with E-state index in [1.165, 1.54) is 4.90 Å². The number of benzene rings is 3. The zero-order valence-electron chi connectivity index (χ0n) is 20.3. The number of carbonyl (C=O) groups excluding carboxylic acids is 2. The molecule has 4 atom stereocenters. The van der Waals surface area contributed by atoms with Crippen LogP contribution in [-0.4, -0.2) is 30.9 Å². The third kappa shape index (κ3) is 3.46. The Hall–Kier alpha value is -4.12. The molecule has 1 heterocycles. The number of imide groups is 1. The average Bonchev–Trinajstić information content (AvgIpc) is 3.56. The van der Waals surface area contributed by atoms with Gasteiger partial charge in [-0.1, -0.05) is 66.7 Å². The molecule has 5 heteroatoms. The maximum atomic E-state index is 13.6. The van der Waals surface area contributed by atoms with Crippen molar-refractivity contribution in [1.29, 1.82) is 0 Å². The van der Waals surface area contributed by atoms with Gasteiger partial charge in [-0.05, 0) is 52.1 Å². The summed E-state index contributed by atoms with van der Waals surface area (Å²) in [6.07, 6.45) is 4.26. The Morgan fingerprint density at radius 1 is 0.694 bits per heavy atom. The third-order valence-electron chi connectivity index (χ3n) is 7.74. The van der Waals surface area contributed by atoms with E-state index in [9.17, 15) is 9.59 Å². The number of fused-ring (bicyclic) bond motifs is 5.